The Morgan fingerprint density at radius 1 is 1.00 bits per heavy atom. The number of hydrogen-bond acceptors (Lipinski definition) is 5. The molecule has 136 valence electrons. The Hall–Kier alpha value is -3.39. The van der Waals surface area contributed by atoms with Gasteiger partial charge in [0.05, 0.1) is 5.52 Å². The molecule has 0 saturated heterocycles. The third kappa shape index (κ3) is 3.90. The predicted octanol–water partition coefficient (Wildman–Crippen LogP) is 2.64. The van der Waals surface area contributed by atoms with Crippen molar-refractivity contribution in [1.82, 2.24) is 15.8 Å². The van der Waals surface area contributed by atoms with E-state index < -0.39 is 0 Å². The first-order valence-electron chi connectivity index (χ1n) is 8.31. The van der Waals surface area contributed by atoms with Crippen LogP contribution in [0.3, 0.4) is 0 Å². The van der Waals surface area contributed by atoms with E-state index in [1.807, 2.05) is 18.2 Å². The average Bonchev–Trinajstić information content (AvgIpc) is 2.71. The van der Waals surface area contributed by atoms with Crippen LogP contribution in [0.15, 0.2) is 54.7 Å². The molecule has 0 bridgehead atoms. The van der Waals surface area contributed by atoms with Crippen LogP contribution < -0.4 is 25.6 Å². The molecule has 0 atom stereocenters. The first-order chi connectivity index (χ1) is 13.2. The predicted molar refractivity (Wildman–Crippen MR) is 106 cm³/mol. The van der Waals surface area contributed by atoms with Crippen LogP contribution in [0.2, 0.25) is 0 Å². The summed E-state index contributed by atoms with van der Waals surface area (Å²) in [5.74, 6) is 1.06. The van der Waals surface area contributed by atoms with Crippen LogP contribution in [0.1, 0.15) is 10.4 Å². The molecule has 0 radical (unpaired) electrons. The van der Waals surface area contributed by atoms with Crippen molar-refractivity contribution in [3.8, 4) is 11.5 Å². The highest BCUT2D eigenvalue weighted by molar-refractivity contribution is 7.80. The standard InChI is InChI=1S/C19H16N4O3S/c24-18(13-3-5-15-12(10-13)2-1-7-20-15)22-23-19(27)21-14-4-6-16-17(11-14)26-9-8-25-16/h1-7,10-11H,8-9H2,(H,22,24)(H2,21,23,27). The maximum atomic E-state index is 12.3. The molecule has 3 N–H and O–H groups in total. The summed E-state index contributed by atoms with van der Waals surface area (Å²) in [7, 11) is 0. The Labute approximate surface area is 160 Å². The number of anilines is 1. The van der Waals surface area contributed by atoms with Crippen LogP contribution in [0.5, 0.6) is 11.5 Å². The lowest BCUT2D eigenvalue weighted by molar-refractivity contribution is 0.0944. The number of pyridine rings is 1. The molecule has 1 aliphatic rings. The van der Waals surface area contributed by atoms with Gasteiger partial charge in [-0.15, -0.1) is 0 Å². The summed E-state index contributed by atoms with van der Waals surface area (Å²) < 4.78 is 11.0. The van der Waals surface area contributed by atoms with Crippen LogP contribution in [0, 0.1) is 0 Å². The topological polar surface area (TPSA) is 84.5 Å². The minimum absolute atomic E-state index is 0.252. The molecule has 0 spiro atoms. The first kappa shape index (κ1) is 17.0. The van der Waals surface area contributed by atoms with Gasteiger partial charge in [0.25, 0.3) is 5.91 Å². The van der Waals surface area contributed by atoms with E-state index >= 15 is 0 Å². The summed E-state index contributed by atoms with van der Waals surface area (Å²) in [5.41, 5.74) is 7.33. The van der Waals surface area contributed by atoms with Gasteiger partial charge in [0, 0.05) is 28.9 Å². The van der Waals surface area contributed by atoms with E-state index in [4.69, 9.17) is 21.7 Å². The number of hydrazine groups is 1. The number of rotatable bonds is 2. The molecule has 0 unspecified atom stereocenters. The van der Waals surface area contributed by atoms with E-state index in [9.17, 15) is 4.79 Å². The van der Waals surface area contributed by atoms with Crippen LogP contribution >= 0.6 is 12.2 Å². The molecule has 4 rings (SSSR count). The molecule has 0 saturated carbocycles. The smallest absolute Gasteiger partial charge is 0.269 e. The molecule has 2 heterocycles. The monoisotopic (exact) mass is 380 g/mol. The van der Waals surface area contributed by atoms with E-state index in [0.29, 0.717) is 30.3 Å². The molecular formula is C19H16N4O3S. The number of nitrogens with one attached hydrogen (secondary N) is 3. The average molecular weight is 380 g/mol. The third-order valence-electron chi connectivity index (χ3n) is 3.95. The number of thiocarbonyl (C=S) groups is 1. The molecule has 1 aromatic heterocycles. The van der Waals surface area contributed by atoms with Gasteiger partial charge >= 0.3 is 0 Å². The van der Waals surface area contributed by atoms with Crippen LogP contribution in [-0.4, -0.2) is 29.2 Å². The van der Waals surface area contributed by atoms with Crippen molar-refractivity contribution in [3.05, 3.63) is 60.3 Å². The summed E-state index contributed by atoms with van der Waals surface area (Å²) in [5, 5.41) is 4.13. The van der Waals surface area contributed by atoms with E-state index in [0.717, 1.165) is 16.6 Å². The number of benzene rings is 2. The zero-order valence-electron chi connectivity index (χ0n) is 14.2. The van der Waals surface area contributed by atoms with Crippen molar-refractivity contribution >= 4 is 39.8 Å². The second-order valence-electron chi connectivity index (χ2n) is 5.80. The second kappa shape index (κ2) is 7.46. The summed E-state index contributed by atoms with van der Waals surface area (Å²) >= 11 is 5.22. The van der Waals surface area contributed by atoms with Crippen LogP contribution in [0.25, 0.3) is 10.9 Å². The summed E-state index contributed by atoms with van der Waals surface area (Å²) in [4.78, 5) is 16.6. The number of fused-ring (bicyclic) bond motifs is 2. The zero-order valence-corrected chi connectivity index (χ0v) is 15.0. The van der Waals surface area contributed by atoms with E-state index in [2.05, 4.69) is 21.2 Å². The molecule has 8 heteroatoms. The van der Waals surface area contributed by atoms with Crippen molar-refractivity contribution < 1.29 is 14.3 Å². The van der Waals surface area contributed by atoms with Crippen molar-refractivity contribution in [2.24, 2.45) is 0 Å². The first-order valence-corrected chi connectivity index (χ1v) is 8.72. The maximum Gasteiger partial charge on any atom is 0.269 e. The molecule has 1 aliphatic heterocycles. The van der Waals surface area contributed by atoms with Crippen molar-refractivity contribution in [1.29, 1.82) is 0 Å². The van der Waals surface area contributed by atoms with Crippen molar-refractivity contribution in [2.75, 3.05) is 18.5 Å². The third-order valence-corrected chi connectivity index (χ3v) is 4.16. The van der Waals surface area contributed by atoms with Crippen molar-refractivity contribution in [2.45, 2.75) is 0 Å². The van der Waals surface area contributed by atoms with Crippen LogP contribution in [-0.2, 0) is 0 Å². The minimum atomic E-state index is -0.299. The molecule has 27 heavy (non-hydrogen) atoms. The van der Waals surface area contributed by atoms with E-state index in [1.165, 1.54) is 0 Å². The molecule has 1 amide bonds. The molecule has 3 aromatic rings. The summed E-state index contributed by atoms with van der Waals surface area (Å²) in [6.45, 7) is 1.05. The maximum absolute atomic E-state index is 12.3. The normalized spacial score (nSPS) is 12.3. The second-order valence-corrected chi connectivity index (χ2v) is 6.21. The fourth-order valence-electron chi connectivity index (χ4n) is 2.69. The number of carbonyl (C=O) groups is 1. The Morgan fingerprint density at radius 2 is 1.85 bits per heavy atom. The van der Waals surface area contributed by atoms with Gasteiger partial charge in [0.2, 0.25) is 0 Å². The Morgan fingerprint density at radius 3 is 2.74 bits per heavy atom. The van der Waals surface area contributed by atoms with Gasteiger partial charge in [0.1, 0.15) is 13.2 Å². The highest BCUT2D eigenvalue weighted by Gasteiger charge is 2.12. The molecule has 2 aromatic carbocycles. The molecule has 0 fully saturated rings. The Bertz CT molecular complexity index is 1020. The number of carbonyl (C=O) groups excluding carboxylic acids is 1. The fraction of sp³-hybridized carbons (Fsp3) is 0.105. The van der Waals surface area contributed by atoms with E-state index in [-0.39, 0.29) is 11.0 Å². The number of nitrogens with zero attached hydrogens (tertiary/aromatic N) is 1. The number of ether oxygens (including phenoxy) is 2. The highest BCUT2D eigenvalue weighted by atomic mass is 32.1. The molecule has 0 aliphatic carbocycles. The van der Waals surface area contributed by atoms with Gasteiger partial charge in [-0.2, -0.15) is 0 Å². The SMILES string of the molecule is O=C(NNC(=S)Nc1ccc2c(c1)OCCO2)c1ccc2ncccc2c1. The van der Waals surface area contributed by atoms with Gasteiger partial charge in [-0.1, -0.05) is 6.07 Å². The zero-order chi connectivity index (χ0) is 18.6. The van der Waals surface area contributed by atoms with Gasteiger partial charge in [-0.05, 0) is 48.6 Å². The lowest BCUT2D eigenvalue weighted by atomic mass is 10.1. The van der Waals surface area contributed by atoms with Crippen molar-refractivity contribution in [3.63, 3.8) is 0 Å². The van der Waals surface area contributed by atoms with Gasteiger partial charge < -0.3 is 14.8 Å². The largest absolute Gasteiger partial charge is 0.486 e. The molecular weight excluding hydrogens is 364 g/mol. The van der Waals surface area contributed by atoms with Gasteiger partial charge in [-0.25, -0.2) is 0 Å². The van der Waals surface area contributed by atoms with Gasteiger partial charge in [0.15, 0.2) is 16.6 Å². The minimum Gasteiger partial charge on any atom is -0.486 e. The Balaban J connectivity index is 1.36. The highest BCUT2D eigenvalue weighted by Crippen LogP contribution is 2.32. The summed E-state index contributed by atoms with van der Waals surface area (Å²) in [6, 6.07) is 14.4. The lowest BCUT2D eigenvalue weighted by Crippen LogP contribution is -2.43. The quantitative estimate of drug-likeness (QED) is 0.466. The van der Waals surface area contributed by atoms with Gasteiger partial charge in [-0.3, -0.25) is 20.6 Å². The van der Waals surface area contributed by atoms with E-state index in [1.54, 1.807) is 36.5 Å². The summed E-state index contributed by atoms with van der Waals surface area (Å²) in [6.07, 6.45) is 1.71. The van der Waals surface area contributed by atoms with Crippen LogP contribution in [0.4, 0.5) is 5.69 Å². The number of aromatic nitrogens is 1. The lowest BCUT2D eigenvalue weighted by Gasteiger charge is -2.19. The Kier molecular flexibility index (Phi) is 4.71. The number of amides is 1. The number of hydrogen-bond donors (Lipinski definition) is 3. The molecule has 7 nitrogen and oxygen atoms in total. The fourth-order valence-corrected chi connectivity index (χ4v) is 2.85.